The normalized spacial score (nSPS) is 20.2. The molecule has 132 valence electrons. The zero-order chi connectivity index (χ0) is 17.8. The van der Waals surface area contributed by atoms with E-state index in [1.54, 1.807) is 22.1 Å². The number of amides is 2. The molecule has 1 saturated heterocycles. The van der Waals surface area contributed by atoms with Crippen molar-refractivity contribution >= 4 is 17.8 Å². The minimum Gasteiger partial charge on any atom is -0.367 e. The number of anilines is 2. The van der Waals surface area contributed by atoms with Crippen LogP contribution >= 0.6 is 0 Å². The first kappa shape index (κ1) is 17.2. The van der Waals surface area contributed by atoms with E-state index in [2.05, 4.69) is 15.3 Å². The number of rotatable bonds is 3. The number of benzene rings is 1. The molecule has 0 unspecified atom stereocenters. The van der Waals surface area contributed by atoms with Gasteiger partial charge in [-0.25, -0.2) is 9.78 Å². The van der Waals surface area contributed by atoms with E-state index in [1.165, 1.54) is 0 Å². The van der Waals surface area contributed by atoms with E-state index in [0.29, 0.717) is 24.9 Å². The summed E-state index contributed by atoms with van der Waals surface area (Å²) in [7, 11) is 3.71. The summed E-state index contributed by atoms with van der Waals surface area (Å²) in [4.78, 5) is 24.7. The highest BCUT2D eigenvalue weighted by atomic mass is 16.5. The number of aromatic nitrogens is 2. The largest absolute Gasteiger partial charge is 0.367 e. The van der Waals surface area contributed by atoms with Crippen LogP contribution in [-0.2, 0) is 4.74 Å². The predicted octanol–water partition coefficient (Wildman–Crippen LogP) is 2.54. The van der Waals surface area contributed by atoms with Crippen molar-refractivity contribution in [3.05, 3.63) is 48.2 Å². The van der Waals surface area contributed by atoms with Crippen molar-refractivity contribution < 1.29 is 9.53 Å². The van der Waals surface area contributed by atoms with Crippen molar-refractivity contribution in [2.75, 3.05) is 37.4 Å². The molecule has 2 heterocycles. The molecule has 0 saturated carbocycles. The third kappa shape index (κ3) is 4.24. The lowest BCUT2D eigenvalue weighted by molar-refractivity contribution is -0.0642. The predicted molar refractivity (Wildman–Crippen MR) is 96.7 cm³/mol. The summed E-state index contributed by atoms with van der Waals surface area (Å²) in [6, 6.07) is 11.5. The van der Waals surface area contributed by atoms with E-state index in [-0.39, 0.29) is 18.2 Å². The van der Waals surface area contributed by atoms with Crippen molar-refractivity contribution in [3.63, 3.8) is 0 Å². The van der Waals surface area contributed by atoms with E-state index >= 15 is 0 Å². The Kier molecular flexibility index (Phi) is 5.14. The Balaban J connectivity index is 1.70. The fourth-order valence-electron chi connectivity index (χ4n) is 2.79. The highest BCUT2D eigenvalue weighted by Crippen LogP contribution is 2.25. The summed E-state index contributed by atoms with van der Waals surface area (Å²) in [6.07, 6.45) is 1.47. The van der Waals surface area contributed by atoms with Crippen molar-refractivity contribution in [1.82, 2.24) is 14.9 Å². The second-order valence-corrected chi connectivity index (χ2v) is 6.32. The number of ether oxygens (including phenoxy) is 1. The van der Waals surface area contributed by atoms with Gasteiger partial charge in [0.15, 0.2) is 0 Å². The summed E-state index contributed by atoms with van der Waals surface area (Å²) in [5.74, 6) is 1.04. The number of morpholine rings is 1. The molecule has 1 fully saturated rings. The van der Waals surface area contributed by atoms with Gasteiger partial charge in [0.25, 0.3) is 0 Å². The van der Waals surface area contributed by atoms with E-state index in [1.807, 2.05) is 51.4 Å². The van der Waals surface area contributed by atoms with Gasteiger partial charge in [-0.05, 0) is 18.6 Å². The number of hydrogen-bond acceptors (Lipinski definition) is 5. The van der Waals surface area contributed by atoms with Gasteiger partial charge in [-0.1, -0.05) is 30.3 Å². The van der Waals surface area contributed by atoms with Gasteiger partial charge in [0.05, 0.1) is 12.6 Å². The van der Waals surface area contributed by atoms with Gasteiger partial charge in [-0.3, -0.25) is 5.32 Å². The lowest BCUT2D eigenvalue weighted by atomic mass is 10.1. The first-order valence-corrected chi connectivity index (χ1v) is 8.29. The molecular formula is C18H23N5O2. The van der Waals surface area contributed by atoms with Gasteiger partial charge in [-0.2, -0.15) is 4.98 Å². The van der Waals surface area contributed by atoms with Gasteiger partial charge in [0, 0.05) is 26.8 Å². The van der Waals surface area contributed by atoms with Crippen molar-refractivity contribution in [2.45, 2.75) is 19.1 Å². The lowest BCUT2D eigenvalue weighted by Crippen LogP contribution is -2.47. The topological polar surface area (TPSA) is 70.6 Å². The molecule has 1 aliphatic rings. The Hall–Kier alpha value is -2.67. The van der Waals surface area contributed by atoms with Crippen LogP contribution in [0.25, 0.3) is 0 Å². The highest BCUT2D eigenvalue weighted by molar-refractivity contribution is 5.88. The fraction of sp³-hybridized carbons (Fsp3) is 0.389. The Morgan fingerprint density at radius 2 is 2.00 bits per heavy atom. The smallest absolute Gasteiger partial charge is 0.323 e. The molecule has 2 atom stereocenters. The van der Waals surface area contributed by atoms with Crippen LogP contribution in [-0.4, -0.2) is 54.2 Å². The third-order valence-electron chi connectivity index (χ3n) is 4.00. The molecule has 1 aliphatic heterocycles. The molecule has 3 rings (SSSR count). The summed E-state index contributed by atoms with van der Waals surface area (Å²) in [5.41, 5.74) is 1.07. The number of carbonyl (C=O) groups excluding carboxylic acids is 1. The van der Waals surface area contributed by atoms with Crippen LogP contribution in [0.5, 0.6) is 0 Å². The SMILES string of the molecule is C[C@@H]1CN(C(=O)Nc2ccnc(N(C)C)n2)C[C@H](c2ccccc2)O1. The molecule has 7 heteroatoms. The van der Waals surface area contributed by atoms with Gasteiger partial charge >= 0.3 is 6.03 Å². The number of carbonyl (C=O) groups is 1. The Labute approximate surface area is 147 Å². The van der Waals surface area contributed by atoms with Crippen LogP contribution in [0, 0.1) is 0 Å². The van der Waals surface area contributed by atoms with Crippen molar-refractivity contribution in [1.29, 1.82) is 0 Å². The second kappa shape index (κ2) is 7.48. The zero-order valence-electron chi connectivity index (χ0n) is 14.7. The van der Waals surface area contributed by atoms with Crippen LogP contribution in [0.2, 0.25) is 0 Å². The standard InChI is InChI=1S/C18H23N5O2/c1-13-11-23(12-15(25-13)14-7-5-4-6-8-14)18(24)21-16-9-10-19-17(20-16)22(2)3/h4-10,13,15H,11-12H2,1-3H3,(H,19,20,21,24)/t13-,15-/m1/s1. The van der Waals surface area contributed by atoms with Crippen LogP contribution < -0.4 is 10.2 Å². The number of nitrogens with zero attached hydrogens (tertiary/aromatic N) is 4. The van der Waals surface area contributed by atoms with Crippen LogP contribution in [0.1, 0.15) is 18.6 Å². The second-order valence-electron chi connectivity index (χ2n) is 6.32. The van der Waals surface area contributed by atoms with Crippen LogP contribution in [0.3, 0.4) is 0 Å². The van der Waals surface area contributed by atoms with Gasteiger partial charge < -0.3 is 14.5 Å². The van der Waals surface area contributed by atoms with Crippen molar-refractivity contribution in [2.24, 2.45) is 0 Å². The van der Waals surface area contributed by atoms with Crippen molar-refractivity contribution in [3.8, 4) is 0 Å². The molecule has 0 spiro atoms. The average molecular weight is 341 g/mol. The zero-order valence-corrected chi connectivity index (χ0v) is 14.7. The van der Waals surface area contributed by atoms with E-state index in [0.717, 1.165) is 5.56 Å². The molecule has 1 N–H and O–H groups in total. The maximum atomic E-state index is 12.7. The molecule has 7 nitrogen and oxygen atoms in total. The van der Waals surface area contributed by atoms with Crippen LogP contribution in [0.4, 0.5) is 16.6 Å². The summed E-state index contributed by atoms with van der Waals surface area (Å²) in [5, 5.41) is 2.85. The van der Waals surface area contributed by atoms with E-state index < -0.39 is 0 Å². The van der Waals surface area contributed by atoms with Gasteiger partial charge in [-0.15, -0.1) is 0 Å². The molecule has 2 amide bonds. The Morgan fingerprint density at radius 1 is 1.24 bits per heavy atom. The molecule has 1 aromatic carbocycles. The quantitative estimate of drug-likeness (QED) is 0.929. The molecule has 1 aromatic heterocycles. The number of nitrogens with one attached hydrogen (secondary N) is 1. The Morgan fingerprint density at radius 3 is 2.72 bits per heavy atom. The number of hydrogen-bond donors (Lipinski definition) is 1. The Bertz CT molecular complexity index is 722. The molecule has 0 bridgehead atoms. The van der Waals surface area contributed by atoms with Gasteiger partial charge in [0.2, 0.25) is 5.95 Å². The third-order valence-corrected chi connectivity index (χ3v) is 4.00. The summed E-state index contributed by atoms with van der Waals surface area (Å²) < 4.78 is 6.00. The lowest BCUT2D eigenvalue weighted by Gasteiger charge is -2.36. The minimum atomic E-state index is -0.181. The summed E-state index contributed by atoms with van der Waals surface area (Å²) >= 11 is 0. The summed E-state index contributed by atoms with van der Waals surface area (Å²) in [6.45, 7) is 3.02. The highest BCUT2D eigenvalue weighted by Gasteiger charge is 2.29. The average Bonchev–Trinajstić information content (AvgIpc) is 2.62. The molecular weight excluding hydrogens is 318 g/mol. The maximum Gasteiger partial charge on any atom is 0.323 e. The molecule has 25 heavy (non-hydrogen) atoms. The first-order valence-electron chi connectivity index (χ1n) is 8.29. The van der Waals surface area contributed by atoms with E-state index in [4.69, 9.17) is 4.74 Å². The molecule has 0 aliphatic carbocycles. The maximum absolute atomic E-state index is 12.7. The first-order chi connectivity index (χ1) is 12.0. The monoisotopic (exact) mass is 341 g/mol. The fourth-order valence-corrected chi connectivity index (χ4v) is 2.79. The van der Waals surface area contributed by atoms with Crippen LogP contribution in [0.15, 0.2) is 42.6 Å². The number of urea groups is 1. The molecule has 2 aromatic rings. The van der Waals surface area contributed by atoms with Gasteiger partial charge in [0.1, 0.15) is 11.9 Å². The molecule has 0 radical (unpaired) electrons. The van der Waals surface area contributed by atoms with E-state index in [9.17, 15) is 4.79 Å². The minimum absolute atomic E-state index is 0.0348.